The van der Waals surface area contributed by atoms with Crippen LogP contribution in [0.25, 0.3) is 10.9 Å². The molecule has 1 aromatic heterocycles. The maximum Gasteiger partial charge on any atom is 0.326 e. The predicted octanol–water partition coefficient (Wildman–Crippen LogP) is -1.42. The molecule has 4 atom stereocenters. The van der Waals surface area contributed by atoms with E-state index in [0.29, 0.717) is 6.42 Å². The number of aliphatic carboxylic acids is 1. The third-order valence-electron chi connectivity index (χ3n) is 5.52. The second-order valence-electron chi connectivity index (χ2n) is 8.51. The molecule has 0 aliphatic rings. The molecule has 13 nitrogen and oxygen atoms in total. The number of para-hydroxylation sites is 1. The van der Waals surface area contributed by atoms with Gasteiger partial charge < -0.3 is 43.2 Å². The van der Waals surface area contributed by atoms with Gasteiger partial charge in [0.25, 0.3) is 0 Å². The van der Waals surface area contributed by atoms with Crippen LogP contribution < -0.4 is 33.2 Å². The lowest BCUT2D eigenvalue weighted by Gasteiger charge is -2.24. The monoisotopic (exact) mass is 534 g/mol. The van der Waals surface area contributed by atoms with Crippen LogP contribution >= 0.6 is 12.6 Å². The van der Waals surface area contributed by atoms with E-state index in [2.05, 4.69) is 38.6 Å². The van der Waals surface area contributed by atoms with Gasteiger partial charge in [0.2, 0.25) is 17.7 Å². The first-order chi connectivity index (χ1) is 17.5. The average Bonchev–Trinajstić information content (AvgIpc) is 3.25. The Labute approximate surface area is 219 Å². The second-order valence-corrected chi connectivity index (χ2v) is 8.87. The van der Waals surface area contributed by atoms with E-state index in [1.807, 2.05) is 24.3 Å². The Balaban J connectivity index is 2.12. The van der Waals surface area contributed by atoms with Gasteiger partial charge in [-0.05, 0) is 31.4 Å². The van der Waals surface area contributed by atoms with Gasteiger partial charge in [-0.3, -0.25) is 19.4 Å². The standard InChI is InChI=1S/C23H34N8O5S/c1-12(24)19(32)30-17(9-13-10-28-15-6-3-2-5-14(13)15)20(33)31-18(11-37)21(34)29-16(22(35)36)7-4-8-27-23(25)26/h2-3,5-6,10,12,16-18,28,37H,4,7-9,11,24H2,1H3,(H,29,34)(H,30,32)(H,31,33)(H,35,36)(H4,25,26,27). The number of fused-ring (bicyclic) bond motifs is 1. The molecule has 1 heterocycles. The molecule has 2 rings (SSSR count). The van der Waals surface area contributed by atoms with Crippen molar-refractivity contribution in [3.63, 3.8) is 0 Å². The Morgan fingerprint density at radius 1 is 1.03 bits per heavy atom. The van der Waals surface area contributed by atoms with E-state index in [0.717, 1.165) is 16.5 Å². The van der Waals surface area contributed by atoms with Crippen molar-refractivity contribution >= 4 is 53.2 Å². The predicted molar refractivity (Wildman–Crippen MR) is 143 cm³/mol. The van der Waals surface area contributed by atoms with Crippen LogP contribution in [0.3, 0.4) is 0 Å². The van der Waals surface area contributed by atoms with Gasteiger partial charge in [0.1, 0.15) is 18.1 Å². The quantitative estimate of drug-likeness (QED) is 0.0602. The summed E-state index contributed by atoms with van der Waals surface area (Å²) in [6.45, 7) is 1.68. The lowest BCUT2D eigenvalue weighted by Crippen LogP contribution is -2.58. The number of benzene rings is 1. The van der Waals surface area contributed by atoms with Crippen molar-refractivity contribution in [1.82, 2.24) is 20.9 Å². The summed E-state index contributed by atoms with van der Waals surface area (Å²) in [6, 6.07) is 3.19. The minimum absolute atomic E-state index is 0.0682. The molecule has 2 aromatic rings. The second kappa shape index (κ2) is 14.1. The molecule has 11 N–H and O–H groups in total. The van der Waals surface area contributed by atoms with Gasteiger partial charge in [0, 0.05) is 35.8 Å². The van der Waals surface area contributed by atoms with Crippen LogP contribution in [0.15, 0.2) is 35.5 Å². The lowest BCUT2D eigenvalue weighted by atomic mass is 10.0. The number of aliphatic imine (C=N–C) groups is 1. The maximum absolute atomic E-state index is 13.2. The van der Waals surface area contributed by atoms with Crippen LogP contribution in [0.1, 0.15) is 25.3 Å². The zero-order chi connectivity index (χ0) is 27.5. The van der Waals surface area contributed by atoms with Crippen LogP contribution in [-0.2, 0) is 25.6 Å². The van der Waals surface area contributed by atoms with Crippen molar-refractivity contribution in [2.24, 2.45) is 22.2 Å². The van der Waals surface area contributed by atoms with E-state index in [1.165, 1.54) is 6.92 Å². The van der Waals surface area contributed by atoms with E-state index in [9.17, 15) is 24.3 Å². The fraction of sp³-hybridized carbons (Fsp3) is 0.435. The Hall–Kier alpha value is -3.78. The topological polar surface area (TPSA) is 231 Å². The minimum atomic E-state index is -1.25. The smallest absolute Gasteiger partial charge is 0.326 e. The highest BCUT2D eigenvalue weighted by Gasteiger charge is 2.29. The number of thiol groups is 1. The van der Waals surface area contributed by atoms with Crippen LogP contribution in [0.2, 0.25) is 0 Å². The van der Waals surface area contributed by atoms with Crippen molar-refractivity contribution in [3.8, 4) is 0 Å². The molecule has 0 saturated carbocycles. The molecule has 0 aliphatic carbocycles. The van der Waals surface area contributed by atoms with E-state index < -0.39 is 47.9 Å². The number of hydrogen-bond donors (Lipinski definition) is 9. The third kappa shape index (κ3) is 8.99. The first-order valence-electron chi connectivity index (χ1n) is 11.6. The van der Waals surface area contributed by atoms with Crippen molar-refractivity contribution in [2.75, 3.05) is 12.3 Å². The molecule has 0 aliphatic heterocycles. The van der Waals surface area contributed by atoms with E-state index >= 15 is 0 Å². The number of nitrogens with one attached hydrogen (secondary N) is 4. The van der Waals surface area contributed by atoms with Gasteiger partial charge >= 0.3 is 5.97 Å². The lowest BCUT2D eigenvalue weighted by molar-refractivity contribution is -0.142. The maximum atomic E-state index is 13.2. The van der Waals surface area contributed by atoms with Crippen LogP contribution in [0.4, 0.5) is 0 Å². The number of hydrogen-bond acceptors (Lipinski definition) is 7. The van der Waals surface area contributed by atoms with Crippen LogP contribution in [0.5, 0.6) is 0 Å². The number of carbonyl (C=O) groups is 4. The molecule has 3 amide bonds. The number of nitrogens with two attached hydrogens (primary N) is 3. The summed E-state index contributed by atoms with van der Waals surface area (Å²) in [6.07, 6.45) is 2.24. The summed E-state index contributed by atoms with van der Waals surface area (Å²) in [5, 5.41) is 17.9. The Bertz CT molecular complexity index is 1130. The highest BCUT2D eigenvalue weighted by Crippen LogP contribution is 2.19. The summed E-state index contributed by atoms with van der Waals surface area (Å²) in [5.74, 6) is -3.40. The highest BCUT2D eigenvalue weighted by atomic mass is 32.1. The minimum Gasteiger partial charge on any atom is -0.480 e. The third-order valence-corrected chi connectivity index (χ3v) is 5.89. The number of carboxylic acids is 1. The number of aromatic amines is 1. The zero-order valence-corrected chi connectivity index (χ0v) is 21.3. The molecule has 0 radical (unpaired) electrons. The van der Waals surface area contributed by atoms with Gasteiger partial charge in [-0.2, -0.15) is 12.6 Å². The van der Waals surface area contributed by atoms with Crippen LogP contribution in [-0.4, -0.2) is 76.2 Å². The summed E-state index contributed by atoms with van der Waals surface area (Å²) in [4.78, 5) is 56.8. The van der Waals surface area contributed by atoms with Crippen molar-refractivity contribution in [2.45, 2.75) is 50.4 Å². The highest BCUT2D eigenvalue weighted by molar-refractivity contribution is 7.80. The Morgan fingerprint density at radius 2 is 1.65 bits per heavy atom. The molecule has 1 aromatic carbocycles. The van der Waals surface area contributed by atoms with Crippen molar-refractivity contribution in [1.29, 1.82) is 0 Å². The average molecular weight is 535 g/mol. The number of carboxylic acid groups (broad SMARTS) is 1. The first-order valence-corrected chi connectivity index (χ1v) is 12.3. The Morgan fingerprint density at radius 3 is 2.27 bits per heavy atom. The van der Waals surface area contributed by atoms with Gasteiger partial charge in [-0.15, -0.1) is 0 Å². The summed E-state index contributed by atoms with van der Waals surface area (Å²) < 4.78 is 0. The molecular formula is C23H34N8O5S. The summed E-state index contributed by atoms with van der Waals surface area (Å²) >= 11 is 4.14. The number of carbonyl (C=O) groups excluding carboxylic acids is 3. The number of amides is 3. The molecule has 14 heteroatoms. The molecule has 0 bridgehead atoms. The number of nitrogens with zero attached hydrogens (tertiary/aromatic N) is 1. The number of H-pyrrole nitrogens is 1. The normalized spacial score (nSPS) is 14.1. The molecule has 4 unspecified atom stereocenters. The molecule has 0 saturated heterocycles. The SMILES string of the molecule is CC(N)C(=O)NC(Cc1c[nH]c2ccccc12)C(=O)NC(CS)C(=O)NC(CCCN=C(N)N)C(=O)O. The van der Waals surface area contributed by atoms with Crippen molar-refractivity contribution in [3.05, 3.63) is 36.0 Å². The molecule has 202 valence electrons. The van der Waals surface area contributed by atoms with Gasteiger partial charge in [0.15, 0.2) is 5.96 Å². The Kier molecular flexibility index (Phi) is 11.2. The van der Waals surface area contributed by atoms with Crippen LogP contribution in [0, 0.1) is 0 Å². The number of rotatable bonds is 14. The molecule has 0 spiro atoms. The first kappa shape index (κ1) is 29.5. The molecule has 37 heavy (non-hydrogen) atoms. The largest absolute Gasteiger partial charge is 0.480 e. The summed E-state index contributed by atoms with van der Waals surface area (Å²) in [5.41, 5.74) is 17.8. The molecular weight excluding hydrogens is 500 g/mol. The van der Waals surface area contributed by atoms with Gasteiger partial charge in [-0.25, -0.2) is 4.79 Å². The molecule has 0 fully saturated rings. The fourth-order valence-electron chi connectivity index (χ4n) is 3.53. The summed E-state index contributed by atoms with van der Waals surface area (Å²) in [7, 11) is 0. The number of guanidine groups is 1. The van der Waals surface area contributed by atoms with E-state index in [1.54, 1.807) is 6.20 Å². The fourth-order valence-corrected chi connectivity index (χ4v) is 3.79. The zero-order valence-electron chi connectivity index (χ0n) is 20.4. The van der Waals surface area contributed by atoms with Gasteiger partial charge in [0.05, 0.1) is 6.04 Å². The van der Waals surface area contributed by atoms with E-state index in [-0.39, 0.29) is 31.1 Å². The van der Waals surface area contributed by atoms with E-state index in [4.69, 9.17) is 17.2 Å². The number of aromatic nitrogens is 1. The van der Waals surface area contributed by atoms with Gasteiger partial charge in [-0.1, -0.05) is 18.2 Å². The van der Waals surface area contributed by atoms with Crippen molar-refractivity contribution < 1.29 is 24.3 Å².